The molecule has 442 valence electrons. The zero-order chi connectivity index (χ0) is 57.6. The number of benzene rings is 2. The van der Waals surface area contributed by atoms with Gasteiger partial charge in [0.15, 0.2) is 0 Å². The molecule has 0 spiro atoms. The molecule has 1 aromatic heterocycles. The largest absolute Gasteiger partial charge is 0.469 e. The van der Waals surface area contributed by atoms with Crippen molar-refractivity contribution in [3.63, 3.8) is 0 Å². The van der Waals surface area contributed by atoms with Gasteiger partial charge in [-0.2, -0.15) is 0 Å². The quantitative estimate of drug-likeness (QED) is 0.0146. The van der Waals surface area contributed by atoms with E-state index in [1.807, 2.05) is 41.3 Å². The molecule has 0 saturated heterocycles. The molecule has 0 fully saturated rings. The van der Waals surface area contributed by atoms with Crippen LogP contribution in [0, 0.1) is 0 Å². The first-order chi connectivity index (χ1) is 37.1. The van der Waals surface area contributed by atoms with Crippen LogP contribution < -0.4 is 32.3 Å². The Morgan fingerprint density at radius 1 is 0.821 bits per heavy atom. The fourth-order valence-corrected chi connectivity index (χ4v) is 8.74. The predicted octanol–water partition coefficient (Wildman–Crippen LogP) is -6.10. The molecule has 4 rings (SSSR count). The molecule has 0 bridgehead atoms. The van der Waals surface area contributed by atoms with Crippen molar-refractivity contribution >= 4 is 34.5 Å². The maximum absolute atomic E-state index is 13.6. The van der Waals surface area contributed by atoms with Crippen molar-refractivity contribution in [2.75, 3.05) is 58.9 Å². The van der Waals surface area contributed by atoms with Gasteiger partial charge >= 0.3 is 5.97 Å². The van der Waals surface area contributed by atoms with Gasteiger partial charge in [0, 0.05) is 50.9 Å². The van der Waals surface area contributed by atoms with E-state index in [-0.39, 0.29) is 45.2 Å². The third-order valence-electron chi connectivity index (χ3n) is 13.7. The van der Waals surface area contributed by atoms with E-state index in [0.29, 0.717) is 55.8 Å². The molecule has 28 heteroatoms. The number of nitrogens with one attached hydrogen (secondary N) is 6. The molecule has 2 amide bonds. The van der Waals surface area contributed by atoms with Gasteiger partial charge in [-0.1, -0.05) is 31.0 Å². The van der Waals surface area contributed by atoms with Crippen molar-refractivity contribution in [2.45, 2.75) is 163 Å². The molecule has 1 aliphatic rings. The number of carbonyl (C=O) groups excluding carboxylic acids is 3. The summed E-state index contributed by atoms with van der Waals surface area (Å²) in [5, 5.41) is 156. The minimum Gasteiger partial charge on any atom is -0.469 e. The first kappa shape index (κ1) is 65.9. The fourth-order valence-electron chi connectivity index (χ4n) is 8.74. The van der Waals surface area contributed by atoms with Crippen LogP contribution in [0.2, 0.25) is 0 Å². The predicted molar refractivity (Wildman–Crippen MR) is 280 cm³/mol. The van der Waals surface area contributed by atoms with Gasteiger partial charge < -0.3 is 103 Å². The number of ether oxygens (including phenoxy) is 1. The van der Waals surface area contributed by atoms with Crippen LogP contribution >= 0.6 is 0 Å². The van der Waals surface area contributed by atoms with Crippen LogP contribution in [0.1, 0.15) is 81.0 Å². The van der Waals surface area contributed by atoms with Crippen LogP contribution in [-0.2, 0) is 32.2 Å². The van der Waals surface area contributed by atoms with E-state index in [0.717, 1.165) is 16.6 Å². The number of anilines is 1. The number of aromatic amines is 1. The van der Waals surface area contributed by atoms with E-state index in [9.17, 15) is 75.7 Å². The Kier molecular flexibility index (Phi) is 28.0. The summed E-state index contributed by atoms with van der Waals surface area (Å²) in [6.45, 7) is -1.59. The highest BCUT2D eigenvalue weighted by Crippen LogP contribution is 2.31. The Morgan fingerprint density at radius 2 is 1.46 bits per heavy atom. The summed E-state index contributed by atoms with van der Waals surface area (Å²) in [6.07, 6.45) is -18.1. The molecule has 28 nitrogen and oxygen atoms in total. The summed E-state index contributed by atoms with van der Waals surface area (Å²) in [5.41, 5.74) is 9.95. The van der Waals surface area contributed by atoms with Gasteiger partial charge in [-0.25, -0.2) is 4.98 Å². The summed E-state index contributed by atoms with van der Waals surface area (Å²) in [5.74, 6) is -1.10. The Morgan fingerprint density at radius 3 is 2.12 bits per heavy atom. The number of carbonyl (C=O) groups is 3. The Bertz CT molecular complexity index is 2220. The molecule has 22 N–H and O–H groups in total. The number of nitrogens with zero attached hydrogens (tertiary/aromatic N) is 3. The van der Waals surface area contributed by atoms with Crippen molar-refractivity contribution < 1.29 is 90.6 Å². The second-order valence-corrected chi connectivity index (χ2v) is 19.8. The smallest absolute Gasteiger partial charge is 0.307 e. The Labute approximate surface area is 451 Å². The zero-order valence-corrected chi connectivity index (χ0v) is 44.0. The molecular formula is C50H84N10O18. The lowest BCUT2D eigenvalue weighted by atomic mass is 10.0. The van der Waals surface area contributed by atoms with E-state index in [4.69, 9.17) is 20.7 Å². The number of hydrogen-bond acceptors (Lipinski definition) is 25. The first-order valence-corrected chi connectivity index (χ1v) is 26.1. The van der Waals surface area contributed by atoms with Crippen molar-refractivity contribution in [1.29, 1.82) is 0 Å². The molecular weight excluding hydrogens is 1030 g/mol. The van der Waals surface area contributed by atoms with E-state index >= 15 is 0 Å². The minimum atomic E-state index is -1.91. The normalized spacial score (nSPS) is 20.1. The van der Waals surface area contributed by atoms with Crippen molar-refractivity contribution in [1.82, 2.24) is 41.0 Å². The molecule has 2 heterocycles. The topological polar surface area (TPSA) is 465 Å². The third kappa shape index (κ3) is 20.5. The van der Waals surface area contributed by atoms with E-state index in [1.54, 1.807) is 18.0 Å². The number of nitrogens with two attached hydrogens (primary N) is 1. The number of para-hydroxylation sites is 2. The van der Waals surface area contributed by atoms with Crippen LogP contribution in [0.3, 0.4) is 0 Å². The molecule has 3 unspecified atom stereocenters. The number of imidazole rings is 1. The Hall–Kier alpha value is -4.64. The molecule has 0 aliphatic carbocycles. The summed E-state index contributed by atoms with van der Waals surface area (Å²) in [6, 6.07) is 10.0. The summed E-state index contributed by atoms with van der Waals surface area (Å²) >= 11 is 0. The summed E-state index contributed by atoms with van der Waals surface area (Å²) in [7, 11) is 3.05. The molecule has 1 aliphatic heterocycles. The van der Waals surface area contributed by atoms with Crippen LogP contribution in [0.4, 0.5) is 5.69 Å². The van der Waals surface area contributed by atoms with Crippen LogP contribution in [-0.4, -0.2) is 248 Å². The number of amides is 2. The van der Waals surface area contributed by atoms with Gasteiger partial charge in [-0.15, -0.1) is 0 Å². The molecule has 78 heavy (non-hydrogen) atoms. The van der Waals surface area contributed by atoms with Crippen LogP contribution in [0.5, 0.6) is 0 Å². The number of esters is 1. The average molecular weight is 1110 g/mol. The first-order valence-electron chi connectivity index (χ1n) is 26.1. The molecule has 2 aromatic carbocycles. The number of fused-ring (bicyclic) bond motifs is 2. The molecule has 3 aromatic rings. The lowest BCUT2D eigenvalue weighted by Gasteiger charge is -2.30. The number of aliphatic hydroxyl groups excluding tert-OH is 14. The molecule has 0 saturated carbocycles. The Balaban J connectivity index is 1.32. The minimum absolute atomic E-state index is 0.119. The molecule has 15 atom stereocenters. The van der Waals surface area contributed by atoms with Gasteiger partial charge in [0.25, 0.3) is 0 Å². The second kappa shape index (κ2) is 33.2. The fraction of sp³-hybridized carbons (Fsp3) is 0.680. The van der Waals surface area contributed by atoms with Gasteiger partial charge in [0.2, 0.25) is 11.8 Å². The van der Waals surface area contributed by atoms with Crippen molar-refractivity contribution in [3.05, 3.63) is 59.4 Å². The standard InChI is InChI=1S/C50H84N10O18/c1-59(24-39-56-31-9-5-6-10-32(31)57-39)49(76)27-11-13-30-28(19-27)23-60(50(77)34(55-30)20-42(69)78-2)18-8-4-3-7-17-52-48(75)33(14-16-41(68)54-22-36(64)44(71)46(73)38(66)26-62)58-47(74)29(51)12-15-40(67)53-21-35(63)43(70)45(72)37(65)25-61/h5-6,9-11,13,19,29,33-38,41,43-47,49-50,54-55,58,61-66,68,70-74,76-77H,3-4,7-8,12,14-18,20-26,51H2,1-2H3,(H,52,75)(H,53,67)(H,56,57)/t29-,33-,34?,35+,36-,37?,38?,41+,43-,44+,45-,46+,47+,49+,50+/m0/s1. The number of methoxy groups -OCH3 is 1. The maximum atomic E-state index is 13.6. The van der Waals surface area contributed by atoms with E-state index in [1.165, 1.54) is 7.11 Å². The lowest BCUT2D eigenvalue weighted by Crippen LogP contribution is -2.55. The SMILES string of the molecule is COC(=O)CC1Nc2ccc([C@@H](O)N(C)Cc3nc4ccccc4[nH]3)cc2CN(CCCCCCNC(=O)[C@H](CC[C@@H](O)NC[C@H](O)[C@@H](O)[C@H](O)C(O)CO)N[C@H](O)[C@@H](N)CCC(=O)NC[C@@H](O)[C@H](O)[C@@H](O)C(O)CO)[C@@H]1O. The third-order valence-corrected chi connectivity index (χ3v) is 13.7. The lowest BCUT2D eigenvalue weighted by molar-refractivity contribution is -0.142. The highest BCUT2D eigenvalue weighted by atomic mass is 16.5. The van der Waals surface area contributed by atoms with Crippen LogP contribution in [0.15, 0.2) is 42.5 Å². The second-order valence-electron chi connectivity index (χ2n) is 19.8. The van der Waals surface area contributed by atoms with Crippen LogP contribution in [0.25, 0.3) is 11.0 Å². The maximum Gasteiger partial charge on any atom is 0.307 e. The number of aromatic nitrogens is 2. The van der Waals surface area contributed by atoms with Gasteiger partial charge in [0.1, 0.15) is 67.4 Å². The van der Waals surface area contributed by atoms with E-state index < -0.39 is 136 Å². The van der Waals surface area contributed by atoms with Crippen molar-refractivity contribution in [3.8, 4) is 0 Å². The summed E-state index contributed by atoms with van der Waals surface area (Å²) in [4.78, 5) is 50.1. The van der Waals surface area contributed by atoms with Gasteiger partial charge in [0.05, 0.1) is 68.6 Å². The van der Waals surface area contributed by atoms with Gasteiger partial charge in [-0.05, 0) is 74.5 Å². The highest BCUT2D eigenvalue weighted by molar-refractivity contribution is 5.81. The monoisotopic (exact) mass is 1110 g/mol. The number of aliphatic hydroxyl groups is 14. The average Bonchev–Trinajstić information content (AvgIpc) is 3.83. The highest BCUT2D eigenvalue weighted by Gasteiger charge is 2.34. The van der Waals surface area contributed by atoms with E-state index in [2.05, 4.69) is 36.6 Å². The van der Waals surface area contributed by atoms with Gasteiger partial charge in [-0.3, -0.25) is 34.8 Å². The number of hydrogen-bond donors (Lipinski definition) is 21. The number of H-pyrrole nitrogens is 1. The zero-order valence-electron chi connectivity index (χ0n) is 44.0. The summed E-state index contributed by atoms with van der Waals surface area (Å²) < 4.78 is 4.92. The number of unbranched alkanes of at least 4 members (excludes halogenated alkanes) is 3. The van der Waals surface area contributed by atoms with Crippen molar-refractivity contribution in [2.24, 2.45) is 5.73 Å². The molecule has 0 radical (unpaired) electrons. The number of rotatable bonds is 36.